The highest BCUT2D eigenvalue weighted by molar-refractivity contribution is 5.96. The molecule has 4 heteroatoms. The van der Waals surface area contributed by atoms with Gasteiger partial charge in [-0.1, -0.05) is 61.0 Å². The van der Waals surface area contributed by atoms with E-state index in [9.17, 15) is 9.59 Å². The van der Waals surface area contributed by atoms with Crippen molar-refractivity contribution < 1.29 is 14.2 Å². The van der Waals surface area contributed by atoms with Crippen LogP contribution in [0.5, 0.6) is 0 Å². The Morgan fingerprint density at radius 3 is 2.34 bits per heavy atom. The number of carbonyl (C=O) groups is 2. The zero-order chi connectivity index (χ0) is 29.8. The van der Waals surface area contributed by atoms with Crippen molar-refractivity contribution in [3.63, 3.8) is 0 Å². The van der Waals surface area contributed by atoms with Crippen molar-refractivity contribution in [3.05, 3.63) is 41.7 Å². The van der Waals surface area contributed by atoms with E-state index in [-0.39, 0.29) is 39.5 Å². The van der Waals surface area contributed by atoms with Gasteiger partial charge in [-0.15, -0.1) is 0 Å². The van der Waals surface area contributed by atoms with Crippen molar-refractivity contribution in [2.24, 2.45) is 57.3 Å². The van der Waals surface area contributed by atoms with Crippen LogP contribution in [0.4, 0.5) is 0 Å². The summed E-state index contributed by atoms with van der Waals surface area (Å²) in [6.07, 6.45) is 16.5. The molecule has 0 bridgehead atoms. The third-order valence-corrected chi connectivity index (χ3v) is 14.3. The molecule has 4 fully saturated rings. The summed E-state index contributed by atoms with van der Waals surface area (Å²) in [7, 11) is 1.95. The van der Waals surface area contributed by atoms with Crippen LogP contribution in [0.2, 0.25) is 0 Å². The Hall–Kier alpha value is -1.97. The number of aromatic nitrogens is 1. The second kappa shape index (κ2) is 9.02. The van der Waals surface area contributed by atoms with Crippen LogP contribution in [0.1, 0.15) is 124 Å². The van der Waals surface area contributed by atoms with Crippen molar-refractivity contribution in [1.82, 2.24) is 5.32 Å². The first-order valence-corrected chi connectivity index (χ1v) is 16.5. The molecule has 0 radical (unpaired) electrons. The summed E-state index contributed by atoms with van der Waals surface area (Å²) in [6, 6.07) is 3.93. The van der Waals surface area contributed by atoms with Gasteiger partial charge in [0.1, 0.15) is 12.6 Å². The minimum Gasteiger partial charge on any atom is -0.349 e. The first-order chi connectivity index (χ1) is 19.0. The van der Waals surface area contributed by atoms with Crippen molar-refractivity contribution >= 4 is 11.7 Å². The molecular weight excluding hydrogens is 504 g/mol. The van der Waals surface area contributed by atoms with Gasteiger partial charge in [0.15, 0.2) is 18.2 Å². The van der Waals surface area contributed by atoms with Gasteiger partial charge in [-0.05, 0) is 114 Å². The Balaban J connectivity index is 1.33. The number of allylic oxidation sites excluding steroid dienone is 2. The molecule has 8 atom stereocenters. The van der Waals surface area contributed by atoms with E-state index < -0.39 is 0 Å². The Bertz CT molecular complexity index is 1310. The molecule has 1 N–H and O–H groups in total. The standard InChI is InChI=1S/C37H54N2O2/c1-32(2)16-17-34(5)18-19-36(7)25(26(34)22-32)21-27(40)30-35(6)14-13-29(33(3,4)28(35)12-15-37(30,36)8)38-31(41)24-11-10-20-39(9)23-24/h10-11,20-21,23,26,28-30H,12-19,22H2,1-9H3/p+1/t26-,28-,29-,30+,34+,35-,36+,37+/m0/s1. The topological polar surface area (TPSA) is 50.0 Å². The van der Waals surface area contributed by atoms with Crippen molar-refractivity contribution in [3.8, 4) is 0 Å². The lowest BCUT2D eigenvalue weighted by Crippen LogP contribution is -2.67. The minimum atomic E-state index is -0.0926. The number of fused-ring (bicyclic) bond motifs is 7. The van der Waals surface area contributed by atoms with E-state index in [1.165, 1.54) is 37.7 Å². The van der Waals surface area contributed by atoms with Crippen LogP contribution in [-0.4, -0.2) is 17.7 Å². The maximum absolute atomic E-state index is 14.6. The number of hydrogen-bond donors (Lipinski definition) is 1. The zero-order valence-corrected chi connectivity index (χ0v) is 27.3. The molecule has 41 heavy (non-hydrogen) atoms. The van der Waals surface area contributed by atoms with Gasteiger partial charge in [0.05, 0.1) is 0 Å². The van der Waals surface area contributed by atoms with Crippen LogP contribution >= 0.6 is 0 Å². The molecule has 0 aliphatic heterocycles. The van der Waals surface area contributed by atoms with E-state index in [1.54, 1.807) is 0 Å². The van der Waals surface area contributed by atoms with Gasteiger partial charge in [0, 0.05) is 18.0 Å². The van der Waals surface area contributed by atoms with E-state index in [0.29, 0.717) is 34.0 Å². The molecule has 0 aromatic carbocycles. The third kappa shape index (κ3) is 4.08. The van der Waals surface area contributed by atoms with Gasteiger partial charge >= 0.3 is 0 Å². The highest BCUT2D eigenvalue weighted by Crippen LogP contribution is 2.75. The number of amides is 1. The summed E-state index contributed by atoms with van der Waals surface area (Å²) in [5.41, 5.74) is 2.80. The number of aryl methyl sites for hydroxylation is 1. The molecule has 0 spiro atoms. The van der Waals surface area contributed by atoms with Crippen LogP contribution in [0.3, 0.4) is 0 Å². The quantitative estimate of drug-likeness (QED) is 0.379. The first kappa shape index (κ1) is 29.1. The number of ketones is 1. The fourth-order valence-corrected chi connectivity index (χ4v) is 11.6. The smallest absolute Gasteiger partial charge is 0.257 e. The summed E-state index contributed by atoms with van der Waals surface area (Å²) >= 11 is 0. The van der Waals surface area contributed by atoms with Gasteiger partial charge in [-0.3, -0.25) is 9.59 Å². The molecule has 1 aromatic rings. The second-order valence-electron chi connectivity index (χ2n) is 17.5. The summed E-state index contributed by atoms with van der Waals surface area (Å²) in [4.78, 5) is 27.9. The third-order valence-electron chi connectivity index (χ3n) is 14.3. The second-order valence-corrected chi connectivity index (χ2v) is 17.5. The van der Waals surface area contributed by atoms with Gasteiger partial charge < -0.3 is 5.32 Å². The Morgan fingerprint density at radius 1 is 0.927 bits per heavy atom. The molecule has 4 saturated carbocycles. The minimum absolute atomic E-state index is 0.0121. The van der Waals surface area contributed by atoms with Crippen molar-refractivity contribution in [1.29, 1.82) is 0 Å². The number of hydrogen-bond acceptors (Lipinski definition) is 2. The molecule has 0 unspecified atom stereocenters. The fourth-order valence-electron chi connectivity index (χ4n) is 11.6. The van der Waals surface area contributed by atoms with E-state index in [2.05, 4.69) is 66.8 Å². The van der Waals surface area contributed by atoms with Crippen LogP contribution < -0.4 is 9.88 Å². The van der Waals surface area contributed by atoms with Crippen LogP contribution in [-0.2, 0) is 11.8 Å². The molecule has 224 valence electrons. The van der Waals surface area contributed by atoms with Gasteiger partial charge in [0.2, 0.25) is 0 Å². The van der Waals surface area contributed by atoms with Crippen LogP contribution in [0.15, 0.2) is 36.2 Å². The van der Waals surface area contributed by atoms with Gasteiger partial charge in [-0.25, -0.2) is 4.57 Å². The lowest BCUT2D eigenvalue weighted by Gasteiger charge is -2.70. The highest BCUT2D eigenvalue weighted by atomic mass is 16.1. The highest BCUT2D eigenvalue weighted by Gasteiger charge is 2.70. The van der Waals surface area contributed by atoms with Crippen molar-refractivity contribution in [2.45, 2.75) is 119 Å². The summed E-state index contributed by atoms with van der Waals surface area (Å²) < 4.78 is 1.93. The molecule has 5 aliphatic rings. The molecule has 4 nitrogen and oxygen atoms in total. The number of pyridine rings is 1. The monoisotopic (exact) mass is 559 g/mol. The molecule has 5 aliphatic carbocycles. The van der Waals surface area contributed by atoms with E-state index >= 15 is 0 Å². The van der Waals surface area contributed by atoms with E-state index in [1.807, 2.05) is 36.1 Å². The lowest BCUT2D eigenvalue weighted by molar-refractivity contribution is -0.671. The molecular formula is C37H55N2O2+. The van der Waals surface area contributed by atoms with Crippen LogP contribution in [0.25, 0.3) is 0 Å². The average Bonchev–Trinajstić information content (AvgIpc) is 2.88. The number of nitrogens with one attached hydrogen (secondary N) is 1. The SMILES string of the molecule is C[n+]1cccc(C(=O)N[C@H]2CC[C@]3(C)[C@H]4C(=O)C=C5[C@@H]6CC(C)(C)CC[C@]6(C)CC[C@@]5(C)[C@]4(C)CC[C@H]3C2(C)C)c1. The van der Waals surface area contributed by atoms with E-state index in [4.69, 9.17) is 0 Å². The predicted molar refractivity (Wildman–Crippen MR) is 164 cm³/mol. The Labute approximate surface area is 249 Å². The van der Waals surface area contributed by atoms with Crippen molar-refractivity contribution in [2.75, 3.05) is 0 Å². The number of carbonyl (C=O) groups excluding carboxylic acids is 2. The molecule has 0 saturated heterocycles. The maximum Gasteiger partial charge on any atom is 0.257 e. The number of nitrogens with zero attached hydrogens (tertiary/aromatic N) is 1. The van der Waals surface area contributed by atoms with Crippen LogP contribution in [0, 0.1) is 50.2 Å². The normalized spacial score (nSPS) is 44.4. The lowest BCUT2D eigenvalue weighted by atomic mass is 9.33. The van der Waals surface area contributed by atoms with Gasteiger partial charge in [0.25, 0.3) is 5.91 Å². The molecule has 1 aromatic heterocycles. The Morgan fingerprint density at radius 2 is 1.63 bits per heavy atom. The average molecular weight is 560 g/mol. The predicted octanol–water partition coefficient (Wildman–Crippen LogP) is 7.61. The molecule has 1 amide bonds. The molecule has 6 rings (SSSR count). The first-order valence-electron chi connectivity index (χ1n) is 16.5. The summed E-state index contributed by atoms with van der Waals surface area (Å²) in [6.45, 7) is 19.7. The molecule has 1 heterocycles. The maximum atomic E-state index is 14.6. The number of rotatable bonds is 2. The summed E-state index contributed by atoms with van der Waals surface area (Å²) in [5.74, 6) is 1.39. The fraction of sp³-hybridized carbons (Fsp3) is 0.757. The Kier molecular flexibility index (Phi) is 6.41. The zero-order valence-electron chi connectivity index (χ0n) is 27.3. The van der Waals surface area contributed by atoms with E-state index in [0.717, 1.165) is 25.7 Å². The van der Waals surface area contributed by atoms with Gasteiger partial charge in [-0.2, -0.15) is 0 Å². The largest absolute Gasteiger partial charge is 0.349 e. The summed E-state index contributed by atoms with van der Waals surface area (Å²) in [5, 5.41) is 3.44.